The molecule has 0 atom stereocenters. The Labute approximate surface area is 141 Å². The standard InChI is InChI=1S/C18H22N4O2/c1-13(23)20-15-7-5-6-14(12-15)18(24)21-17-10-11-19-22(17)16-8-3-2-4-9-16/h5-7,10-12,16H,2-4,8-9H2,1H3,(H,20,23)(H,21,24). The van der Waals surface area contributed by atoms with Crippen molar-refractivity contribution in [2.45, 2.75) is 45.1 Å². The van der Waals surface area contributed by atoms with Gasteiger partial charge in [-0.25, -0.2) is 4.68 Å². The average Bonchev–Trinajstić information content (AvgIpc) is 3.03. The van der Waals surface area contributed by atoms with E-state index in [2.05, 4.69) is 15.7 Å². The van der Waals surface area contributed by atoms with Crippen LogP contribution in [0.3, 0.4) is 0 Å². The van der Waals surface area contributed by atoms with Gasteiger partial charge in [-0.3, -0.25) is 9.59 Å². The molecule has 1 aliphatic carbocycles. The first kappa shape index (κ1) is 16.2. The van der Waals surface area contributed by atoms with Crippen molar-refractivity contribution in [1.29, 1.82) is 0 Å². The number of carbonyl (C=O) groups excluding carboxylic acids is 2. The molecule has 2 N–H and O–H groups in total. The van der Waals surface area contributed by atoms with Crippen molar-refractivity contribution in [1.82, 2.24) is 9.78 Å². The number of amides is 2. The molecule has 6 heteroatoms. The van der Waals surface area contributed by atoms with E-state index < -0.39 is 0 Å². The van der Waals surface area contributed by atoms with Crippen LogP contribution < -0.4 is 10.6 Å². The van der Waals surface area contributed by atoms with E-state index in [9.17, 15) is 9.59 Å². The fourth-order valence-electron chi connectivity index (χ4n) is 3.16. The minimum absolute atomic E-state index is 0.164. The molecule has 0 spiro atoms. The molecule has 1 aromatic carbocycles. The molecule has 0 unspecified atom stereocenters. The molecule has 126 valence electrons. The smallest absolute Gasteiger partial charge is 0.256 e. The number of benzene rings is 1. The highest BCUT2D eigenvalue weighted by Gasteiger charge is 2.19. The van der Waals surface area contributed by atoms with Crippen molar-refractivity contribution in [2.75, 3.05) is 10.6 Å². The van der Waals surface area contributed by atoms with Crippen LogP contribution in [0, 0.1) is 0 Å². The van der Waals surface area contributed by atoms with Crippen LogP contribution >= 0.6 is 0 Å². The van der Waals surface area contributed by atoms with Gasteiger partial charge in [-0.2, -0.15) is 5.10 Å². The minimum Gasteiger partial charge on any atom is -0.326 e. The maximum absolute atomic E-state index is 12.5. The molecule has 0 bridgehead atoms. The molecule has 2 amide bonds. The normalized spacial score (nSPS) is 15.0. The lowest BCUT2D eigenvalue weighted by atomic mass is 9.96. The number of rotatable bonds is 4. The summed E-state index contributed by atoms with van der Waals surface area (Å²) in [5.74, 6) is 0.347. The summed E-state index contributed by atoms with van der Waals surface area (Å²) in [6.45, 7) is 1.44. The molecule has 24 heavy (non-hydrogen) atoms. The Hall–Kier alpha value is -2.63. The molecule has 1 saturated carbocycles. The van der Waals surface area contributed by atoms with Gasteiger partial charge in [0.05, 0.1) is 12.2 Å². The van der Waals surface area contributed by atoms with E-state index in [-0.39, 0.29) is 11.8 Å². The van der Waals surface area contributed by atoms with Crippen LogP contribution in [0.1, 0.15) is 55.4 Å². The van der Waals surface area contributed by atoms with Gasteiger partial charge >= 0.3 is 0 Å². The lowest BCUT2D eigenvalue weighted by Crippen LogP contribution is -2.20. The van der Waals surface area contributed by atoms with Crippen LogP contribution in [-0.2, 0) is 4.79 Å². The van der Waals surface area contributed by atoms with E-state index in [4.69, 9.17) is 0 Å². The van der Waals surface area contributed by atoms with Gasteiger partial charge in [0.15, 0.2) is 0 Å². The molecule has 0 saturated heterocycles. The molecule has 0 aliphatic heterocycles. The number of aromatic nitrogens is 2. The summed E-state index contributed by atoms with van der Waals surface area (Å²) in [7, 11) is 0. The van der Waals surface area contributed by atoms with E-state index in [0.29, 0.717) is 17.3 Å². The second-order valence-corrected chi connectivity index (χ2v) is 6.17. The van der Waals surface area contributed by atoms with E-state index in [0.717, 1.165) is 18.7 Å². The summed E-state index contributed by atoms with van der Waals surface area (Å²) in [4.78, 5) is 23.7. The van der Waals surface area contributed by atoms with Crippen LogP contribution in [0.5, 0.6) is 0 Å². The quantitative estimate of drug-likeness (QED) is 0.901. The van der Waals surface area contributed by atoms with Crippen molar-refractivity contribution in [3.05, 3.63) is 42.1 Å². The van der Waals surface area contributed by atoms with E-state index >= 15 is 0 Å². The molecule has 1 aliphatic rings. The number of anilines is 2. The number of carbonyl (C=O) groups is 2. The molecule has 3 rings (SSSR count). The number of nitrogens with zero attached hydrogens (tertiary/aromatic N) is 2. The van der Waals surface area contributed by atoms with Crippen LogP contribution in [0.2, 0.25) is 0 Å². The van der Waals surface area contributed by atoms with Crippen molar-refractivity contribution < 1.29 is 9.59 Å². The van der Waals surface area contributed by atoms with Gasteiger partial charge in [-0.15, -0.1) is 0 Å². The van der Waals surface area contributed by atoms with E-state index in [1.54, 1.807) is 30.5 Å². The number of hydrogen-bond acceptors (Lipinski definition) is 3. The van der Waals surface area contributed by atoms with E-state index in [1.807, 2.05) is 10.7 Å². The fourth-order valence-corrected chi connectivity index (χ4v) is 3.16. The monoisotopic (exact) mass is 326 g/mol. The van der Waals surface area contributed by atoms with Crippen LogP contribution in [0.25, 0.3) is 0 Å². The Bertz CT molecular complexity index is 732. The summed E-state index contributed by atoms with van der Waals surface area (Å²) in [5.41, 5.74) is 1.11. The molecule has 0 radical (unpaired) electrons. The maximum atomic E-state index is 12.5. The van der Waals surface area contributed by atoms with Gasteiger partial charge in [-0.05, 0) is 31.0 Å². The van der Waals surface area contributed by atoms with Crippen molar-refractivity contribution >= 4 is 23.3 Å². The summed E-state index contributed by atoms with van der Waals surface area (Å²) in [6, 6.07) is 9.07. The average molecular weight is 326 g/mol. The molecule has 6 nitrogen and oxygen atoms in total. The van der Waals surface area contributed by atoms with Crippen molar-refractivity contribution in [3.63, 3.8) is 0 Å². The Morgan fingerprint density at radius 3 is 2.67 bits per heavy atom. The van der Waals surface area contributed by atoms with Gasteiger partial charge in [0.25, 0.3) is 5.91 Å². The summed E-state index contributed by atoms with van der Waals surface area (Å²) in [6.07, 6.45) is 7.60. The predicted octanol–water partition coefficient (Wildman–Crippen LogP) is 3.60. The van der Waals surface area contributed by atoms with Crippen LogP contribution in [0.15, 0.2) is 36.5 Å². The largest absolute Gasteiger partial charge is 0.326 e. The zero-order valence-corrected chi connectivity index (χ0v) is 13.8. The van der Waals surface area contributed by atoms with Crippen LogP contribution in [-0.4, -0.2) is 21.6 Å². The van der Waals surface area contributed by atoms with Gasteiger partial charge in [0, 0.05) is 24.2 Å². The molecule has 1 aromatic heterocycles. The first-order valence-corrected chi connectivity index (χ1v) is 8.36. The van der Waals surface area contributed by atoms with Gasteiger partial charge in [-0.1, -0.05) is 25.3 Å². The topological polar surface area (TPSA) is 76.0 Å². The highest BCUT2D eigenvalue weighted by molar-refractivity contribution is 6.04. The minimum atomic E-state index is -0.209. The van der Waals surface area contributed by atoms with Crippen molar-refractivity contribution in [2.24, 2.45) is 0 Å². The summed E-state index contributed by atoms with van der Waals surface area (Å²) in [5, 5.41) is 10.0. The highest BCUT2D eigenvalue weighted by Crippen LogP contribution is 2.30. The van der Waals surface area contributed by atoms with Crippen molar-refractivity contribution in [3.8, 4) is 0 Å². The molecular formula is C18H22N4O2. The van der Waals surface area contributed by atoms with Crippen LogP contribution in [0.4, 0.5) is 11.5 Å². The predicted molar refractivity (Wildman–Crippen MR) is 93.0 cm³/mol. The zero-order valence-electron chi connectivity index (χ0n) is 13.8. The van der Waals surface area contributed by atoms with Gasteiger partial charge < -0.3 is 10.6 Å². The van der Waals surface area contributed by atoms with E-state index in [1.165, 1.54) is 26.2 Å². The Balaban J connectivity index is 1.73. The second kappa shape index (κ2) is 7.29. The Kier molecular flexibility index (Phi) is 4.93. The Morgan fingerprint density at radius 2 is 1.92 bits per heavy atom. The molecular weight excluding hydrogens is 304 g/mol. The Morgan fingerprint density at radius 1 is 1.12 bits per heavy atom. The summed E-state index contributed by atoms with van der Waals surface area (Å²) < 4.78 is 1.93. The lowest BCUT2D eigenvalue weighted by molar-refractivity contribution is -0.114. The third-order valence-corrected chi connectivity index (χ3v) is 4.28. The summed E-state index contributed by atoms with van der Waals surface area (Å²) >= 11 is 0. The third kappa shape index (κ3) is 3.82. The SMILES string of the molecule is CC(=O)Nc1cccc(C(=O)Nc2ccnn2C2CCCCC2)c1. The number of hydrogen-bond donors (Lipinski definition) is 2. The fraction of sp³-hybridized carbons (Fsp3) is 0.389. The molecule has 2 aromatic rings. The second-order valence-electron chi connectivity index (χ2n) is 6.17. The van der Waals surface area contributed by atoms with Gasteiger partial charge in [0.2, 0.25) is 5.91 Å². The first-order chi connectivity index (χ1) is 11.6. The molecule has 1 fully saturated rings. The molecule has 1 heterocycles. The van der Waals surface area contributed by atoms with Gasteiger partial charge in [0.1, 0.15) is 5.82 Å². The first-order valence-electron chi connectivity index (χ1n) is 8.36. The maximum Gasteiger partial charge on any atom is 0.256 e. The lowest BCUT2D eigenvalue weighted by Gasteiger charge is -2.23. The third-order valence-electron chi connectivity index (χ3n) is 4.28. The number of nitrogens with one attached hydrogen (secondary N) is 2. The zero-order chi connectivity index (χ0) is 16.9. The highest BCUT2D eigenvalue weighted by atomic mass is 16.2.